The Kier molecular flexibility index (Phi) is 10.6. The number of urea groups is 1. The molecule has 0 saturated carbocycles. The first-order chi connectivity index (χ1) is 17.6. The van der Waals surface area contributed by atoms with Crippen LogP contribution in [0.25, 0.3) is 0 Å². The van der Waals surface area contributed by atoms with Gasteiger partial charge in [-0.1, -0.05) is 45.9 Å². The van der Waals surface area contributed by atoms with E-state index in [1.807, 2.05) is 13.8 Å². The maximum Gasteiger partial charge on any atom is 0.314 e. The highest BCUT2D eigenvalue weighted by atomic mass is 16.5. The number of carbonyl (C=O) groups excluding carboxylic acids is 3. The zero-order valence-corrected chi connectivity index (χ0v) is 22.9. The molecule has 3 N–H and O–H groups in total. The van der Waals surface area contributed by atoms with Crippen LogP contribution in [0.1, 0.15) is 79.1 Å². The molecule has 2 fully saturated rings. The van der Waals surface area contributed by atoms with Gasteiger partial charge in [0.05, 0.1) is 18.4 Å². The van der Waals surface area contributed by atoms with Gasteiger partial charge in [0.15, 0.2) is 0 Å². The fraction of sp³-hybridized carbons (Fsp3) is 0.759. The Hall–Kier alpha value is -2.35. The van der Waals surface area contributed by atoms with Crippen LogP contribution in [-0.2, 0) is 19.1 Å². The minimum Gasteiger partial charge on any atom is -0.462 e. The number of likely N-dealkylation sites (tertiary alicyclic amines) is 1. The van der Waals surface area contributed by atoms with Gasteiger partial charge in [0, 0.05) is 25.4 Å². The standard InChI is InChI=1S/C24H36O5.C5H10N2O/c1-5-15(3)24(27)29-21-11-14(2)10-17-7-6-16(4)20(23(17)21)9-8-19-12-18(25)13-22(26)28-19;6-5(8)7-3-1-2-4-7/h6-7,10,14-16,18-21,23,25H,5,8-9,11-13H2,1-4H3;1-4H2,(H2,6,8)/t14-,15-,16-,18+,19-,20-,21-,23-;/m0./s1. The lowest BCUT2D eigenvalue weighted by Crippen LogP contribution is -2.42. The summed E-state index contributed by atoms with van der Waals surface area (Å²) in [7, 11) is 0. The van der Waals surface area contributed by atoms with E-state index >= 15 is 0 Å². The summed E-state index contributed by atoms with van der Waals surface area (Å²) >= 11 is 0. The second kappa shape index (κ2) is 13.4. The molecule has 2 amide bonds. The largest absolute Gasteiger partial charge is 0.462 e. The first-order valence-corrected chi connectivity index (χ1v) is 14.1. The molecule has 0 aromatic rings. The van der Waals surface area contributed by atoms with E-state index in [-0.39, 0.29) is 48.4 Å². The van der Waals surface area contributed by atoms with E-state index in [1.54, 1.807) is 4.90 Å². The number of allylic oxidation sites excluding steroid dienone is 3. The molecule has 0 aromatic heterocycles. The average Bonchev–Trinajstić information content (AvgIpc) is 3.38. The van der Waals surface area contributed by atoms with Crippen LogP contribution in [-0.4, -0.2) is 59.4 Å². The third kappa shape index (κ3) is 8.06. The van der Waals surface area contributed by atoms with Crippen LogP contribution in [0.2, 0.25) is 0 Å². The van der Waals surface area contributed by atoms with E-state index < -0.39 is 6.10 Å². The van der Waals surface area contributed by atoms with Gasteiger partial charge in [-0.25, -0.2) is 4.79 Å². The number of hydrogen-bond donors (Lipinski definition) is 2. The second-order valence-corrected chi connectivity index (χ2v) is 11.4. The molecule has 37 heavy (non-hydrogen) atoms. The monoisotopic (exact) mass is 518 g/mol. The molecule has 2 heterocycles. The average molecular weight is 519 g/mol. The molecule has 0 unspecified atom stereocenters. The number of nitrogens with two attached hydrogens (primary N) is 1. The topological polar surface area (TPSA) is 119 Å². The molecule has 2 aliphatic carbocycles. The van der Waals surface area contributed by atoms with Crippen molar-refractivity contribution in [1.29, 1.82) is 0 Å². The van der Waals surface area contributed by atoms with Crippen molar-refractivity contribution in [3.8, 4) is 0 Å². The van der Waals surface area contributed by atoms with Crippen LogP contribution < -0.4 is 5.73 Å². The lowest BCUT2D eigenvalue weighted by molar-refractivity contribution is -0.162. The highest BCUT2D eigenvalue weighted by molar-refractivity contribution is 5.72. The van der Waals surface area contributed by atoms with Crippen LogP contribution in [0.3, 0.4) is 0 Å². The zero-order chi connectivity index (χ0) is 27.1. The highest BCUT2D eigenvalue weighted by Crippen LogP contribution is 2.45. The molecule has 8 heteroatoms. The number of cyclic esters (lactones) is 1. The number of hydrogen-bond acceptors (Lipinski definition) is 6. The van der Waals surface area contributed by atoms with E-state index in [0.717, 1.165) is 51.6 Å². The Bertz CT molecular complexity index is 864. The summed E-state index contributed by atoms with van der Waals surface area (Å²) in [4.78, 5) is 36.2. The van der Waals surface area contributed by atoms with Crippen molar-refractivity contribution in [3.63, 3.8) is 0 Å². The summed E-state index contributed by atoms with van der Waals surface area (Å²) in [5.74, 6) is 0.755. The lowest BCUT2D eigenvalue weighted by atomic mass is 9.65. The predicted octanol–water partition coefficient (Wildman–Crippen LogP) is 4.36. The number of amides is 2. The molecule has 4 aliphatic rings. The van der Waals surface area contributed by atoms with Gasteiger partial charge >= 0.3 is 18.0 Å². The zero-order valence-electron chi connectivity index (χ0n) is 22.9. The quantitative estimate of drug-likeness (QED) is 0.505. The number of nitrogens with zero attached hydrogens (tertiary/aromatic N) is 1. The van der Waals surface area contributed by atoms with Crippen molar-refractivity contribution < 1.29 is 29.0 Å². The maximum absolute atomic E-state index is 12.5. The summed E-state index contributed by atoms with van der Waals surface area (Å²) in [6.07, 6.45) is 11.9. The molecular formula is C29H46N2O6. The van der Waals surface area contributed by atoms with Gasteiger partial charge in [-0.15, -0.1) is 0 Å². The van der Waals surface area contributed by atoms with E-state index in [4.69, 9.17) is 15.2 Å². The van der Waals surface area contributed by atoms with Crippen molar-refractivity contribution in [3.05, 3.63) is 23.8 Å². The normalized spacial score (nSPS) is 33.9. The minimum atomic E-state index is -0.597. The minimum absolute atomic E-state index is 0.0854. The van der Waals surface area contributed by atoms with Gasteiger partial charge in [-0.3, -0.25) is 9.59 Å². The molecule has 4 rings (SSSR count). The van der Waals surface area contributed by atoms with Crippen LogP contribution in [0.15, 0.2) is 23.8 Å². The molecule has 8 nitrogen and oxygen atoms in total. The van der Waals surface area contributed by atoms with Crippen molar-refractivity contribution in [1.82, 2.24) is 4.90 Å². The molecule has 0 radical (unpaired) electrons. The van der Waals surface area contributed by atoms with E-state index in [2.05, 4.69) is 32.1 Å². The molecule has 0 aromatic carbocycles. The van der Waals surface area contributed by atoms with Crippen LogP contribution >= 0.6 is 0 Å². The number of aliphatic hydroxyl groups excluding tert-OH is 1. The Balaban J connectivity index is 0.000000405. The summed E-state index contributed by atoms with van der Waals surface area (Å²) in [5, 5.41) is 9.89. The smallest absolute Gasteiger partial charge is 0.314 e. The fourth-order valence-corrected chi connectivity index (χ4v) is 6.01. The van der Waals surface area contributed by atoms with Gasteiger partial charge in [0.25, 0.3) is 0 Å². The van der Waals surface area contributed by atoms with Gasteiger partial charge in [0.2, 0.25) is 0 Å². The number of esters is 2. The number of aliphatic hydroxyl groups is 1. The molecule has 2 aliphatic heterocycles. The Morgan fingerprint density at radius 3 is 2.51 bits per heavy atom. The fourth-order valence-electron chi connectivity index (χ4n) is 6.01. The first-order valence-electron chi connectivity index (χ1n) is 14.1. The van der Waals surface area contributed by atoms with Crippen LogP contribution in [0, 0.1) is 29.6 Å². The molecule has 208 valence electrons. The SMILES string of the molecule is CC[C@H](C)C(=O)O[C@H]1C[C@@H](C)C=C2C=C[C@H](C)[C@H](CC[C@H]3C[C@@H](O)CC(=O)O3)[C@H]21.NC(=O)N1CCCC1. The Morgan fingerprint density at radius 1 is 1.22 bits per heavy atom. The first kappa shape index (κ1) is 29.2. The number of rotatable bonds is 6. The number of primary amides is 1. The van der Waals surface area contributed by atoms with E-state index in [0.29, 0.717) is 24.2 Å². The molecule has 2 saturated heterocycles. The Morgan fingerprint density at radius 2 is 1.92 bits per heavy atom. The number of carbonyl (C=O) groups is 3. The summed E-state index contributed by atoms with van der Waals surface area (Å²) in [5.41, 5.74) is 6.26. The molecular weight excluding hydrogens is 472 g/mol. The molecule has 0 bridgehead atoms. The van der Waals surface area contributed by atoms with Crippen molar-refractivity contribution >= 4 is 18.0 Å². The summed E-state index contributed by atoms with van der Waals surface area (Å²) in [6, 6.07) is -0.275. The third-order valence-corrected chi connectivity index (χ3v) is 8.35. The Labute approximate surface area is 221 Å². The number of ether oxygens (including phenoxy) is 2. The van der Waals surface area contributed by atoms with Crippen LogP contribution in [0.4, 0.5) is 4.79 Å². The number of fused-ring (bicyclic) bond motifs is 1. The highest BCUT2D eigenvalue weighted by Gasteiger charge is 2.42. The van der Waals surface area contributed by atoms with E-state index in [1.165, 1.54) is 5.57 Å². The van der Waals surface area contributed by atoms with Gasteiger partial charge < -0.3 is 25.2 Å². The van der Waals surface area contributed by atoms with Crippen molar-refractivity contribution in [2.75, 3.05) is 13.1 Å². The lowest BCUT2D eigenvalue weighted by Gasteiger charge is -2.43. The van der Waals surface area contributed by atoms with Crippen LogP contribution in [0.5, 0.6) is 0 Å². The summed E-state index contributed by atoms with van der Waals surface area (Å²) < 4.78 is 11.5. The molecule has 0 spiro atoms. The van der Waals surface area contributed by atoms with Gasteiger partial charge in [0.1, 0.15) is 12.2 Å². The third-order valence-electron chi connectivity index (χ3n) is 8.35. The van der Waals surface area contributed by atoms with Gasteiger partial charge in [-0.05, 0) is 61.9 Å². The maximum atomic E-state index is 12.5. The summed E-state index contributed by atoms with van der Waals surface area (Å²) in [6.45, 7) is 10.0. The molecule has 8 atom stereocenters. The second-order valence-electron chi connectivity index (χ2n) is 11.4. The van der Waals surface area contributed by atoms with Crippen molar-refractivity contribution in [2.45, 2.75) is 97.4 Å². The predicted molar refractivity (Wildman–Crippen MR) is 141 cm³/mol. The van der Waals surface area contributed by atoms with Gasteiger partial charge in [-0.2, -0.15) is 0 Å². The van der Waals surface area contributed by atoms with E-state index in [9.17, 15) is 19.5 Å². The van der Waals surface area contributed by atoms with Crippen molar-refractivity contribution in [2.24, 2.45) is 35.3 Å².